The average molecular weight is 350 g/mol. The van der Waals surface area contributed by atoms with Crippen molar-refractivity contribution in [2.75, 3.05) is 7.05 Å². The van der Waals surface area contributed by atoms with Crippen LogP contribution in [0.15, 0.2) is 41.1 Å². The highest BCUT2D eigenvalue weighted by Crippen LogP contribution is 2.28. The van der Waals surface area contributed by atoms with Crippen molar-refractivity contribution in [1.82, 2.24) is 9.88 Å². The van der Waals surface area contributed by atoms with Crippen LogP contribution in [0.3, 0.4) is 0 Å². The molecule has 3 rings (SSSR count). The van der Waals surface area contributed by atoms with Gasteiger partial charge in [-0.3, -0.25) is 4.79 Å². The molecule has 0 saturated heterocycles. The van der Waals surface area contributed by atoms with Gasteiger partial charge in [-0.2, -0.15) is 0 Å². The van der Waals surface area contributed by atoms with Crippen LogP contribution in [0.2, 0.25) is 0 Å². The predicted octanol–water partition coefficient (Wildman–Crippen LogP) is 4.42. The Morgan fingerprint density at radius 1 is 1.26 bits per heavy atom. The number of aromatic nitrogens is 1. The lowest BCUT2D eigenvalue weighted by atomic mass is 10.2. The third-order valence-electron chi connectivity index (χ3n) is 3.22. The SMILES string of the molecule is CN(Cc1ccc(F)cc1F)C(=O)c1csc(-c2cccs2)n1. The van der Waals surface area contributed by atoms with Crippen LogP contribution in [-0.2, 0) is 6.54 Å². The van der Waals surface area contributed by atoms with Crippen molar-refractivity contribution >= 4 is 28.6 Å². The van der Waals surface area contributed by atoms with Crippen LogP contribution in [0.4, 0.5) is 8.78 Å². The van der Waals surface area contributed by atoms with Gasteiger partial charge < -0.3 is 4.90 Å². The molecule has 0 aliphatic rings. The van der Waals surface area contributed by atoms with Gasteiger partial charge in [-0.05, 0) is 17.5 Å². The predicted molar refractivity (Wildman–Crippen MR) is 87.6 cm³/mol. The normalized spacial score (nSPS) is 10.7. The largest absolute Gasteiger partial charge is 0.336 e. The molecule has 0 aliphatic heterocycles. The van der Waals surface area contributed by atoms with Crippen LogP contribution in [0.5, 0.6) is 0 Å². The zero-order valence-corrected chi connectivity index (χ0v) is 13.8. The molecule has 0 radical (unpaired) electrons. The van der Waals surface area contributed by atoms with Crippen molar-refractivity contribution in [3.63, 3.8) is 0 Å². The van der Waals surface area contributed by atoms with Gasteiger partial charge in [0.2, 0.25) is 0 Å². The number of rotatable bonds is 4. The maximum atomic E-state index is 13.7. The summed E-state index contributed by atoms with van der Waals surface area (Å²) in [4.78, 5) is 19.1. The van der Waals surface area contributed by atoms with Gasteiger partial charge >= 0.3 is 0 Å². The van der Waals surface area contributed by atoms with Crippen LogP contribution in [0.25, 0.3) is 9.88 Å². The number of carbonyl (C=O) groups is 1. The fraction of sp³-hybridized carbons (Fsp3) is 0.125. The van der Waals surface area contributed by atoms with Gasteiger partial charge in [-0.25, -0.2) is 13.8 Å². The first-order valence-electron chi connectivity index (χ1n) is 6.73. The maximum absolute atomic E-state index is 13.7. The number of nitrogens with zero attached hydrogens (tertiary/aromatic N) is 2. The summed E-state index contributed by atoms with van der Waals surface area (Å²) >= 11 is 2.95. The zero-order chi connectivity index (χ0) is 16.4. The van der Waals surface area contributed by atoms with Crippen molar-refractivity contribution in [2.45, 2.75) is 6.54 Å². The number of thiazole rings is 1. The quantitative estimate of drug-likeness (QED) is 0.698. The Morgan fingerprint density at radius 2 is 2.09 bits per heavy atom. The molecular formula is C16H12F2N2OS2. The Balaban J connectivity index is 1.75. The summed E-state index contributed by atoms with van der Waals surface area (Å²) in [5, 5.41) is 4.42. The minimum Gasteiger partial charge on any atom is -0.336 e. The van der Waals surface area contributed by atoms with Gasteiger partial charge in [-0.15, -0.1) is 22.7 Å². The zero-order valence-electron chi connectivity index (χ0n) is 12.1. The average Bonchev–Trinajstić information content (AvgIpc) is 3.19. The van der Waals surface area contributed by atoms with E-state index in [1.807, 2.05) is 17.5 Å². The second-order valence-corrected chi connectivity index (χ2v) is 6.72. The van der Waals surface area contributed by atoms with E-state index in [0.717, 1.165) is 16.0 Å². The van der Waals surface area contributed by atoms with Gasteiger partial charge in [0.15, 0.2) is 0 Å². The van der Waals surface area contributed by atoms with Crippen molar-refractivity contribution in [3.8, 4) is 9.88 Å². The summed E-state index contributed by atoms with van der Waals surface area (Å²) in [6.45, 7) is 0.0524. The van der Waals surface area contributed by atoms with E-state index in [0.29, 0.717) is 5.69 Å². The minimum atomic E-state index is -0.665. The van der Waals surface area contributed by atoms with Crippen LogP contribution in [0.1, 0.15) is 16.1 Å². The molecule has 0 spiro atoms. The number of benzene rings is 1. The molecule has 0 fully saturated rings. The first-order valence-corrected chi connectivity index (χ1v) is 8.49. The van der Waals surface area contributed by atoms with Crippen molar-refractivity contribution < 1.29 is 13.6 Å². The van der Waals surface area contributed by atoms with Crippen LogP contribution in [0, 0.1) is 11.6 Å². The lowest BCUT2D eigenvalue weighted by Crippen LogP contribution is -2.26. The van der Waals surface area contributed by atoms with Gasteiger partial charge in [0, 0.05) is 30.6 Å². The highest BCUT2D eigenvalue weighted by molar-refractivity contribution is 7.20. The number of hydrogen-bond acceptors (Lipinski definition) is 4. The molecule has 23 heavy (non-hydrogen) atoms. The fourth-order valence-corrected chi connectivity index (χ4v) is 3.67. The highest BCUT2D eigenvalue weighted by Gasteiger charge is 2.18. The molecule has 1 aromatic carbocycles. The van der Waals surface area contributed by atoms with Gasteiger partial charge in [0.1, 0.15) is 22.3 Å². The third kappa shape index (κ3) is 3.46. The molecule has 0 N–H and O–H groups in total. The molecule has 1 amide bonds. The maximum Gasteiger partial charge on any atom is 0.273 e. The van der Waals surface area contributed by atoms with Gasteiger partial charge in [0.25, 0.3) is 5.91 Å². The molecule has 0 aliphatic carbocycles. The number of amides is 1. The molecule has 118 valence electrons. The Kier molecular flexibility index (Phi) is 4.49. The lowest BCUT2D eigenvalue weighted by molar-refractivity contribution is 0.0779. The topological polar surface area (TPSA) is 33.2 Å². The van der Waals surface area contributed by atoms with Crippen molar-refractivity contribution in [2.24, 2.45) is 0 Å². The Hall–Kier alpha value is -2.12. The second kappa shape index (κ2) is 6.55. The van der Waals surface area contributed by atoms with E-state index in [1.54, 1.807) is 23.8 Å². The Labute approximate surface area is 139 Å². The molecular weight excluding hydrogens is 338 g/mol. The summed E-state index contributed by atoms with van der Waals surface area (Å²) in [5.74, 6) is -1.60. The number of halogens is 2. The first kappa shape index (κ1) is 15.8. The van der Waals surface area contributed by atoms with E-state index < -0.39 is 11.6 Å². The molecule has 0 atom stereocenters. The van der Waals surface area contributed by atoms with Crippen LogP contribution in [-0.4, -0.2) is 22.8 Å². The molecule has 0 saturated carbocycles. The van der Waals surface area contributed by atoms with Crippen molar-refractivity contribution in [3.05, 3.63) is 64.0 Å². The van der Waals surface area contributed by atoms with Gasteiger partial charge in [0.05, 0.1) is 4.88 Å². The second-order valence-electron chi connectivity index (χ2n) is 4.91. The summed E-state index contributed by atoms with van der Waals surface area (Å²) in [5.41, 5.74) is 0.583. The minimum absolute atomic E-state index is 0.0524. The van der Waals surface area contributed by atoms with E-state index >= 15 is 0 Å². The molecule has 3 nitrogen and oxygen atoms in total. The van der Waals surface area contributed by atoms with E-state index in [2.05, 4.69) is 4.98 Å². The van der Waals surface area contributed by atoms with E-state index in [-0.39, 0.29) is 18.0 Å². The summed E-state index contributed by atoms with van der Waals surface area (Å²) in [6.07, 6.45) is 0. The summed E-state index contributed by atoms with van der Waals surface area (Å²) in [7, 11) is 1.56. The molecule has 0 unspecified atom stereocenters. The highest BCUT2D eigenvalue weighted by atomic mass is 32.1. The molecule has 7 heteroatoms. The van der Waals surface area contributed by atoms with Crippen LogP contribution < -0.4 is 0 Å². The number of carbonyl (C=O) groups excluding carboxylic acids is 1. The molecule has 2 aromatic heterocycles. The molecule has 0 bridgehead atoms. The molecule has 3 aromatic rings. The monoisotopic (exact) mass is 350 g/mol. The molecule has 2 heterocycles. The van der Waals surface area contributed by atoms with Crippen LogP contribution >= 0.6 is 22.7 Å². The fourth-order valence-electron chi connectivity index (χ4n) is 2.06. The standard InChI is InChI=1S/C16H12F2N2OS2/c1-20(8-10-4-5-11(17)7-12(10)18)16(21)13-9-23-15(19-13)14-3-2-6-22-14/h2-7,9H,8H2,1H3. The summed E-state index contributed by atoms with van der Waals surface area (Å²) in [6, 6.07) is 7.19. The number of hydrogen-bond donors (Lipinski definition) is 0. The van der Waals surface area contributed by atoms with E-state index in [9.17, 15) is 13.6 Å². The number of thiophene rings is 1. The van der Waals surface area contributed by atoms with Crippen molar-refractivity contribution in [1.29, 1.82) is 0 Å². The lowest BCUT2D eigenvalue weighted by Gasteiger charge is -2.16. The first-order chi connectivity index (χ1) is 11.0. The van der Waals surface area contributed by atoms with E-state index in [1.165, 1.54) is 28.4 Å². The Morgan fingerprint density at radius 3 is 2.78 bits per heavy atom. The van der Waals surface area contributed by atoms with E-state index in [4.69, 9.17) is 0 Å². The third-order valence-corrected chi connectivity index (χ3v) is 5.11. The smallest absolute Gasteiger partial charge is 0.273 e. The Bertz CT molecular complexity index is 830. The summed E-state index contributed by atoms with van der Waals surface area (Å²) < 4.78 is 26.6. The van der Waals surface area contributed by atoms with Gasteiger partial charge in [-0.1, -0.05) is 12.1 Å².